The van der Waals surface area contributed by atoms with Crippen molar-refractivity contribution in [2.45, 2.75) is 19.4 Å². The van der Waals surface area contributed by atoms with E-state index >= 15 is 0 Å². The van der Waals surface area contributed by atoms with Crippen molar-refractivity contribution in [3.05, 3.63) is 12.4 Å². The molecule has 1 fully saturated rings. The van der Waals surface area contributed by atoms with Crippen LogP contribution in [0.25, 0.3) is 0 Å². The van der Waals surface area contributed by atoms with Gasteiger partial charge in [-0.3, -0.25) is 4.68 Å². The summed E-state index contributed by atoms with van der Waals surface area (Å²) in [6.07, 6.45) is 4.24. The van der Waals surface area contributed by atoms with Gasteiger partial charge in [-0.15, -0.1) is 0 Å². The number of hydrogen-bond acceptors (Lipinski definition) is 1. The third-order valence-electron chi connectivity index (χ3n) is 2.17. The summed E-state index contributed by atoms with van der Waals surface area (Å²) in [5, 5.41) is 3.68. The second kappa shape index (κ2) is 4.69. The summed E-state index contributed by atoms with van der Waals surface area (Å²) in [4.78, 5) is 0. The monoisotopic (exact) mass is 228 g/mol. The fraction of sp³-hybridized carbons (Fsp3) is 0.571. The fourth-order valence-corrected chi connectivity index (χ4v) is 1.21. The minimum absolute atomic E-state index is 0. The van der Waals surface area contributed by atoms with E-state index in [1.165, 1.54) is 4.68 Å². The van der Waals surface area contributed by atoms with E-state index in [9.17, 15) is 12.9 Å². The van der Waals surface area contributed by atoms with Gasteiger partial charge in [0, 0.05) is 12.7 Å². The van der Waals surface area contributed by atoms with Crippen molar-refractivity contribution in [2.75, 3.05) is 0 Å². The van der Waals surface area contributed by atoms with Crippen LogP contribution in [-0.2, 0) is 6.54 Å². The minimum Gasteiger partial charge on any atom is -0.445 e. The molecule has 0 N–H and O–H groups in total. The number of hydrogen-bond donors (Lipinski definition) is 0. The predicted molar refractivity (Wildman–Crippen MR) is 43.7 cm³/mol. The van der Waals surface area contributed by atoms with Crippen LogP contribution in [0, 0.1) is 5.92 Å². The van der Waals surface area contributed by atoms with Gasteiger partial charge in [0.15, 0.2) is 0 Å². The third kappa shape index (κ3) is 3.37. The van der Waals surface area contributed by atoms with Crippen molar-refractivity contribution < 1.29 is 64.3 Å². The van der Waals surface area contributed by atoms with E-state index in [1.807, 2.05) is 0 Å². The molecule has 0 bridgehead atoms. The second-order valence-corrected chi connectivity index (χ2v) is 3.51. The normalized spacial score (nSPS) is 16.5. The van der Waals surface area contributed by atoms with Crippen LogP contribution in [0.1, 0.15) is 12.8 Å². The van der Waals surface area contributed by atoms with E-state index in [0.29, 0.717) is 12.5 Å². The Morgan fingerprint density at radius 2 is 2.07 bits per heavy atom. The number of rotatable bonds is 3. The number of nitrogens with zero attached hydrogens (tertiary/aromatic N) is 2. The number of aromatic nitrogens is 2. The Morgan fingerprint density at radius 3 is 2.50 bits per heavy atom. The topological polar surface area (TPSA) is 17.8 Å². The molecule has 0 unspecified atom stereocenters. The van der Waals surface area contributed by atoms with Gasteiger partial charge in [0.05, 0.1) is 0 Å². The van der Waals surface area contributed by atoms with Crippen LogP contribution in [0.3, 0.4) is 0 Å². The maximum atomic E-state index is 12.2. The summed E-state index contributed by atoms with van der Waals surface area (Å²) < 4.78 is 37.9. The molecule has 1 aliphatic carbocycles. The Morgan fingerprint density at radius 1 is 1.43 bits per heavy atom. The molecule has 0 spiro atoms. The van der Waals surface area contributed by atoms with Gasteiger partial charge in [-0.1, -0.05) is 5.46 Å². The van der Waals surface area contributed by atoms with Crippen molar-refractivity contribution in [2.24, 2.45) is 5.92 Å². The maximum Gasteiger partial charge on any atom is 1.00 e. The van der Waals surface area contributed by atoms with E-state index in [2.05, 4.69) is 5.10 Å². The van der Waals surface area contributed by atoms with Crippen LogP contribution in [0.15, 0.2) is 12.4 Å². The molecular weight excluding hydrogens is 219 g/mol. The van der Waals surface area contributed by atoms with Gasteiger partial charge in [0.25, 0.3) is 0 Å². The van der Waals surface area contributed by atoms with Crippen LogP contribution in [0.4, 0.5) is 12.9 Å². The van der Waals surface area contributed by atoms with Crippen LogP contribution in [-0.4, -0.2) is 16.8 Å². The first-order valence-corrected chi connectivity index (χ1v) is 4.28. The Balaban J connectivity index is 0.000000980. The van der Waals surface area contributed by atoms with Gasteiger partial charge in [-0.2, -0.15) is 5.10 Å². The smallest absolute Gasteiger partial charge is 0.445 e. The molecule has 0 aromatic carbocycles. The summed E-state index contributed by atoms with van der Waals surface area (Å²) in [6.45, 7) is -4.24. The quantitative estimate of drug-likeness (QED) is 0.567. The SMILES string of the molecule is F[B-](F)(F)c1cnn(CC2CC2)c1.[K+]. The van der Waals surface area contributed by atoms with Crippen LogP contribution < -0.4 is 56.8 Å². The standard InChI is InChI=1S/C7H9BF3N2.K/c9-8(10,11)7-3-12-13(5-7)4-6-1-2-6;/h3,5-6H,1-2,4H2;/q-1;+1. The first-order chi connectivity index (χ1) is 6.05. The number of halogens is 3. The molecule has 0 amide bonds. The zero-order valence-electron chi connectivity index (χ0n) is 7.96. The van der Waals surface area contributed by atoms with Crippen molar-refractivity contribution in [3.63, 3.8) is 0 Å². The zero-order valence-corrected chi connectivity index (χ0v) is 11.1. The second-order valence-electron chi connectivity index (χ2n) is 3.51. The van der Waals surface area contributed by atoms with E-state index in [4.69, 9.17) is 0 Å². The van der Waals surface area contributed by atoms with Crippen LogP contribution >= 0.6 is 0 Å². The Hall–Kier alpha value is 0.701. The first kappa shape index (κ1) is 12.8. The predicted octanol–water partition coefficient (Wildman–Crippen LogP) is -1.65. The molecule has 0 saturated heterocycles. The van der Waals surface area contributed by atoms with Crippen molar-refractivity contribution in [1.82, 2.24) is 9.78 Å². The van der Waals surface area contributed by atoms with E-state index in [-0.39, 0.29) is 51.4 Å². The molecule has 14 heavy (non-hydrogen) atoms. The minimum atomic E-state index is -4.88. The molecule has 1 saturated carbocycles. The molecule has 0 aliphatic heterocycles. The van der Waals surface area contributed by atoms with E-state index in [0.717, 1.165) is 25.2 Å². The van der Waals surface area contributed by atoms with Crippen molar-refractivity contribution in [1.29, 1.82) is 0 Å². The molecule has 1 heterocycles. The van der Waals surface area contributed by atoms with Gasteiger partial charge in [0.1, 0.15) is 0 Å². The van der Waals surface area contributed by atoms with Crippen molar-refractivity contribution in [3.8, 4) is 0 Å². The summed E-state index contributed by atoms with van der Waals surface area (Å²) in [7, 11) is 0. The molecule has 0 atom stereocenters. The first-order valence-electron chi connectivity index (χ1n) is 4.28. The molecular formula is C7H9BF3KN2. The molecule has 2 nitrogen and oxygen atoms in total. The summed E-state index contributed by atoms with van der Waals surface area (Å²) >= 11 is 0. The average Bonchev–Trinajstić information content (AvgIpc) is 2.63. The molecule has 1 aromatic rings. The summed E-state index contributed by atoms with van der Waals surface area (Å²) in [5.41, 5.74) is -0.597. The molecule has 72 valence electrons. The van der Waals surface area contributed by atoms with Crippen LogP contribution in [0.5, 0.6) is 0 Å². The fourth-order valence-electron chi connectivity index (χ4n) is 1.21. The Bertz CT molecular complexity index is 308. The summed E-state index contributed by atoms with van der Waals surface area (Å²) in [6, 6.07) is 0. The molecule has 1 aliphatic rings. The molecule has 2 rings (SSSR count). The summed E-state index contributed by atoms with van der Waals surface area (Å²) in [5.74, 6) is 0.550. The van der Waals surface area contributed by atoms with Gasteiger partial charge < -0.3 is 12.9 Å². The van der Waals surface area contributed by atoms with Gasteiger partial charge in [-0.25, -0.2) is 0 Å². The van der Waals surface area contributed by atoms with Crippen molar-refractivity contribution >= 4 is 12.4 Å². The molecule has 1 aromatic heterocycles. The largest absolute Gasteiger partial charge is 1.00 e. The Labute approximate surface area is 123 Å². The van der Waals surface area contributed by atoms with Gasteiger partial charge >= 0.3 is 58.4 Å². The van der Waals surface area contributed by atoms with Crippen LogP contribution in [0.2, 0.25) is 0 Å². The van der Waals surface area contributed by atoms with E-state index in [1.54, 1.807) is 0 Å². The molecule has 7 heteroatoms. The van der Waals surface area contributed by atoms with E-state index < -0.39 is 12.4 Å². The maximum absolute atomic E-state index is 12.2. The average molecular weight is 228 g/mol. The van der Waals surface area contributed by atoms with Gasteiger partial charge in [-0.05, 0) is 25.0 Å². The third-order valence-corrected chi connectivity index (χ3v) is 2.17. The Kier molecular flexibility index (Phi) is 4.28. The van der Waals surface area contributed by atoms with Gasteiger partial charge in [0.2, 0.25) is 0 Å². The zero-order chi connectivity index (χ0) is 9.47. The molecule has 0 radical (unpaired) electrons.